The van der Waals surface area contributed by atoms with E-state index in [1.54, 1.807) is 6.92 Å². The largest absolute Gasteiger partial charge is 0.350 e. The van der Waals surface area contributed by atoms with Gasteiger partial charge in [0, 0.05) is 31.7 Å². The van der Waals surface area contributed by atoms with E-state index < -0.39 is 0 Å². The molecule has 0 bridgehead atoms. The van der Waals surface area contributed by atoms with Gasteiger partial charge in [-0.2, -0.15) is 0 Å². The van der Waals surface area contributed by atoms with Crippen molar-refractivity contribution in [2.45, 2.75) is 19.8 Å². The molecule has 1 fully saturated rings. The molecule has 2 aliphatic rings. The number of hydrogen-bond acceptors (Lipinski definition) is 5. The number of fused-ring (bicyclic) bond motifs is 1. The van der Waals surface area contributed by atoms with Crippen LogP contribution in [0.4, 0.5) is 5.82 Å². The molecule has 140 valence electrons. The molecular weight excluding hydrogens is 342 g/mol. The predicted molar refractivity (Wildman–Crippen MR) is 102 cm³/mol. The van der Waals surface area contributed by atoms with Crippen molar-refractivity contribution < 1.29 is 9.59 Å². The molecule has 0 saturated carbocycles. The second-order valence-corrected chi connectivity index (χ2v) is 6.97. The molecule has 0 aliphatic carbocycles. The second-order valence-electron chi connectivity index (χ2n) is 6.97. The fraction of sp³-hybridized carbons (Fsp3) is 0.400. The first-order valence-corrected chi connectivity index (χ1v) is 9.34. The summed E-state index contributed by atoms with van der Waals surface area (Å²) in [6.07, 6.45) is 1.55. The molecule has 2 amide bonds. The highest BCUT2D eigenvalue weighted by Gasteiger charge is 2.30. The lowest BCUT2D eigenvalue weighted by atomic mass is 10.1. The van der Waals surface area contributed by atoms with Gasteiger partial charge in [-0.1, -0.05) is 30.3 Å². The first kappa shape index (κ1) is 17.5. The first-order valence-electron chi connectivity index (χ1n) is 9.34. The van der Waals surface area contributed by atoms with Crippen LogP contribution in [0.5, 0.6) is 0 Å². The van der Waals surface area contributed by atoms with Crippen LogP contribution >= 0.6 is 0 Å². The van der Waals surface area contributed by atoms with Crippen LogP contribution in [0, 0.1) is 6.92 Å². The summed E-state index contributed by atoms with van der Waals surface area (Å²) in [6, 6.07) is 10.2. The number of aryl methyl sites for hydroxylation is 1. The summed E-state index contributed by atoms with van der Waals surface area (Å²) in [5.41, 5.74) is 2.54. The van der Waals surface area contributed by atoms with Gasteiger partial charge in [0.15, 0.2) is 0 Å². The van der Waals surface area contributed by atoms with Gasteiger partial charge in [-0.25, -0.2) is 9.97 Å². The van der Waals surface area contributed by atoms with E-state index in [4.69, 9.17) is 0 Å². The Hall–Kier alpha value is -2.96. The standard InChI is InChI=1S/C20H23N5O2/c1-14-22-18-16(7-9-21-20(18)27)19(23-14)25-12-11-24(17(26)13-25)10-8-15-5-3-2-4-6-15/h2-6H,7-13H2,1H3,(H,21,27). The smallest absolute Gasteiger partial charge is 0.270 e. The van der Waals surface area contributed by atoms with Crippen LogP contribution in [0.3, 0.4) is 0 Å². The van der Waals surface area contributed by atoms with Gasteiger partial charge in [-0.15, -0.1) is 0 Å². The highest BCUT2D eigenvalue weighted by atomic mass is 16.2. The Balaban J connectivity index is 1.47. The third kappa shape index (κ3) is 3.63. The van der Waals surface area contributed by atoms with E-state index in [2.05, 4.69) is 27.4 Å². The normalized spacial score (nSPS) is 16.9. The molecule has 2 aromatic rings. The molecule has 2 aliphatic heterocycles. The number of nitrogens with zero attached hydrogens (tertiary/aromatic N) is 4. The van der Waals surface area contributed by atoms with Crippen LogP contribution in [-0.4, -0.2) is 59.4 Å². The van der Waals surface area contributed by atoms with Crippen molar-refractivity contribution in [2.75, 3.05) is 37.6 Å². The van der Waals surface area contributed by atoms with E-state index >= 15 is 0 Å². The van der Waals surface area contributed by atoms with Gasteiger partial charge in [0.25, 0.3) is 5.91 Å². The maximum Gasteiger partial charge on any atom is 0.270 e. The van der Waals surface area contributed by atoms with Crippen molar-refractivity contribution in [3.63, 3.8) is 0 Å². The van der Waals surface area contributed by atoms with Gasteiger partial charge in [-0.05, 0) is 25.3 Å². The van der Waals surface area contributed by atoms with E-state index in [1.807, 2.05) is 28.0 Å². The fourth-order valence-corrected chi connectivity index (χ4v) is 3.68. The van der Waals surface area contributed by atoms with Gasteiger partial charge in [0.1, 0.15) is 17.3 Å². The molecule has 0 spiro atoms. The number of benzene rings is 1. The average molecular weight is 365 g/mol. The van der Waals surface area contributed by atoms with Gasteiger partial charge >= 0.3 is 0 Å². The average Bonchev–Trinajstić information content (AvgIpc) is 2.68. The molecule has 1 aromatic heterocycles. The molecule has 4 rings (SSSR count). The minimum absolute atomic E-state index is 0.0995. The zero-order chi connectivity index (χ0) is 18.8. The Morgan fingerprint density at radius 2 is 1.93 bits per heavy atom. The quantitative estimate of drug-likeness (QED) is 0.873. The van der Waals surface area contributed by atoms with E-state index in [0.717, 1.165) is 24.3 Å². The van der Waals surface area contributed by atoms with Crippen molar-refractivity contribution in [3.05, 3.63) is 53.0 Å². The minimum atomic E-state index is -0.157. The molecule has 1 saturated heterocycles. The minimum Gasteiger partial charge on any atom is -0.350 e. The summed E-state index contributed by atoms with van der Waals surface area (Å²) in [6.45, 7) is 4.75. The van der Waals surface area contributed by atoms with Gasteiger partial charge in [0.05, 0.1) is 6.54 Å². The number of carbonyl (C=O) groups is 2. The lowest BCUT2D eigenvalue weighted by molar-refractivity contribution is -0.130. The van der Waals surface area contributed by atoms with E-state index in [1.165, 1.54) is 5.56 Å². The number of anilines is 1. The maximum absolute atomic E-state index is 12.7. The number of aromatic nitrogens is 2. The number of amides is 2. The van der Waals surface area contributed by atoms with Crippen molar-refractivity contribution >= 4 is 17.6 Å². The Labute approximate surface area is 158 Å². The Morgan fingerprint density at radius 3 is 2.70 bits per heavy atom. The van der Waals surface area contributed by atoms with Crippen LogP contribution in [0.25, 0.3) is 0 Å². The monoisotopic (exact) mass is 365 g/mol. The van der Waals surface area contributed by atoms with Crippen LogP contribution in [-0.2, 0) is 17.6 Å². The first-order chi connectivity index (χ1) is 13.1. The lowest BCUT2D eigenvalue weighted by Gasteiger charge is -2.36. The number of carbonyl (C=O) groups excluding carboxylic acids is 2. The number of hydrogen-bond donors (Lipinski definition) is 1. The Morgan fingerprint density at radius 1 is 1.11 bits per heavy atom. The SMILES string of the molecule is Cc1nc2c(c(N3CCN(CCc4ccccc4)C(=O)C3)n1)CCNC2=O. The molecule has 27 heavy (non-hydrogen) atoms. The summed E-state index contributed by atoms with van der Waals surface area (Å²) in [5, 5.41) is 2.82. The lowest BCUT2D eigenvalue weighted by Crippen LogP contribution is -2.51. The van der Waals surface area contributed by atoms with Gasteiger partial charge < -0.3 is 15.1 Å². The predicted octanol–water partition coefficient (Wildman–Crippen LogP) is 0.962. The second kappa shape index (κ2) is 7.34. The zero-order valence-electron chi connectivity index (χ0n) is 15.4. The summed E-state index contributed by atoms with van der Waals surface area (Å²) < 4.78 is 0. The highest BCUT2D eigenvalue weighted by Crippen LogP contribution is 2.25. The number of rotatable bonds is 4. The van der Waals surface area contributed by atoms with Gasteiger partial charge in [-0.3, -0.25) is 9.59 Å². The van der Waals surface area contributed by atoms with Crippen molar-refractivity contribution in [1.82, 2.24) is 20.2 Å². The van der Waals surface area contributed by atoms with E-state index in [-0.39, 0.29) is 11.8 Å². The molecule has 0 atom stereocenters. The summed E-state index contributed by atoms with van der Waals surface area (Å²) in [5.74, 6) is 1.24. The van der Waals surface area contributed by atoms with Crippen molar-refractivity contribution in [3.8, 4) is 0 Å². The fourth-order valence-electron chi connectivity index (χ4n) is 3.68. The molecule has 7 heteroatoms. The molecule has 1 N–H and O–H groups in total. The molecule has 3 heterocycles. The molecule has 0 unspecified atom stereocenters. The summed E-state index contributed by atoms with van der Waals surface area (Å²) >= 11 is 0. The van der Waals surface area contributed by atoms with Crippen molar-refractivity contribution in [1.29, 1.82) is 0 Å². The van der Waals surface area contributed by atoms with Crippen molar-refractivity contribution in [2.24, 2.45) is 0 Å². The van der Waals surface area contributed by atoms with E-state index in [9.17, 15) is 9.59 Å². The van der Waals surface area contributed by atoms with Crippen LogP contribution < -0.4 is 10.2 Å². The van der Waals surface area contributed by atoms with E-state index in [0.29, 0.717) is 44.1 Å². The number of piperazine rings is 1. The highest BCUT2D eigenvalue weighted by molar-refractivity contribution is 5.96. The third-order valence-corrected chi connectivity index (χ3v) is 5.10. The Bertz CT molecular complexity index is 868. The molecule has 1 aromatic carbocycles. The zero-order valence-corrected chi connectivity index (χ0v) is 15.4. The maximum atomic E-state index is 12.7. The third-order valence-electron chi connectivity index (χ3n) is 5.10. The van der Waals surface area contributed by atoms with Crippen LogP contribution in [0.1, 0.15) is 27.4 Å². The van der Waals surface area contributed by atoms with Gasteiger partial charge in [0.2, 0.25) is 5.91 Å². The topological polar surface area (TPSA) is 78.4 Å². The summed E-state index contributed by atoms with van der Waals surface area (Å²) in [7, 11) is 0. The number of nitrogens with one attached hydrogen (secondary N) is 1. The Kier molecular flexibility index (Phi) is 4.75. The molecular formula is C20H23N5O2. The van der Waals surface area contributed by atoms with Crippen LogP contribution in [0.2, 0.25) is 0 Å². The summed E-state index contributed by atoms with van der Waals surface area (Å²) in [4.78, 5) is 37.6. The van der Waals surface area contributed by atoms with Crippen LogP contribution in [0.15, 0.2) is 30.3 Å². The molecule has 7 nitrogen and oxygen atoms in total. The molecule has 0 radical (unpaired) electrons.